The summed E-state index contributed by atoms with van der Waals surface area (Å²) in [4.78, 5) is 4.23. The summed E-state index contributed by atoms with van der Waals surface area (Å²) >= 11 is 0. The monoisotopic (exact) mass is 176 g/mol. The molecule has 1 rings (SSSR count). The Morgan fingerprint density at radius 2 is 2.38 bits per heavy atom. The molecule has 13 heavy (non-hydrogen) atoms. The molecule has 0 unspecified atom stereocenters. The van der Waals surface area contributed by atoms with Gasteiger partial charge in [0.1, 0.15) is 0 Å². The molecule has 1 aromatic rings. The van der Waals surface area contributed by atoms with Crippen LogP contribution in [0.4, 0.5) is 0 Å². The van der Waals surface area contributed by atoms with E-state index in [9.17, 15) is 0 Å². The van der Waals surface area contributed by atoms with Crippen molar-refractivity contribution in [1.82, 2.24) is 10.3 Å². The molecule has 0 amide bonds. The quantitative estimate of drug-likeness (QED) is 0.546. The van der Waals surface area contributed by atoms with Crippen LogP contribution in [0, 0.1) is 0 Å². The third kappa shape index (κ3) is 4.43. The molecule has 0 aliphatic rings. The number of rotatable bonds is 5. The Morgan fingerprint density at radius 3 is 3.00 bits per heavy atom. The van der Waals surface area contributed by atoms with Crippen LogP contribution in [-0.4, -0.2) is 18.1 Å². The van der Waals surface area contributed by atoms with Crippen LogP contribution in [-0.2, 0) is 6.42 Å². The van der Waals surface area contributed by atoms with Crippen LogP contribution in [0.3, 0.4) is 0 Å². The van der Waals surface area contributed by atoms with Gasteiger partial charge < -0.3 is 5.32 Å². The average molecular weight is 176 g/mol. The molecule has 0 saturated heterocycles. The largest absolute Gasteiger partial charge is 0.313 e. The van der Waals surface area contributed by atoms with E-state index in [2.05, 4.69) is 16.9 Å². The number of nitrogens with one attached hydrogen (secondary N) is 1. The van der Waals surface area contributed by atoms with Crippen LogP contribution in [0.2, 0.25) is 0 Å². The minimum Gasteiger partial charge on any atom is -0.313 e. The first-order valence-corrected chi connectivity index (χ1v) is 4.54. The SMILES string of the molecule is C=C(C)CNCCc1ccccn1. The van der Waals surface area contributed by atoms with E-state index in [-0.39, 0.29) is 0 Å². The fourth-order valence-corrected chi connectivity index (χ4v) is 1.06. The summed E-state index contributed by atoms with van der Waals surface area (Å²) in [5.74, 6) is 0. The summed E-state index contributed by atoms with van der Waals surface area (Å²) in [5.41, 5.74) is 2.30. The highest BCUT2D eigenvalue weighted by atomic mass is 14.8. The second-order valence-corrected chi connectivity index (χ2v) is 3.20. The average Bonchev–Trinajstić information content (AvgIpc) is 2.14. The topological polar surface area (TPSA) is 24.9 Å². The van der Waals surface area contributed by atoms with Crippen LogP contribution in [0.25, 0.3) is 0 Å². The molecule has 2 nitrogen and oxygen atoms in total. The van der Waals surface area contributed by atoms with Crippen molar-refractivity contribution in [2.24, 2.45) is 0 Å². The second kappa shape index (κ2) is 5.49. The lowest BCUT2D eigenvalue weighted by Gasteiger charge is -2.03. The van der Waals surface area contributed by atoms with Crippen LogP contribution in [0.1, 0.15) is 12.6 Å². The van der Waals surface area contributed by atoms with Gasteiger partial charge in [-0.3, -0.25) is 4.98 Å². The molecule has 0 saturated carbocycles. The highest BCUT2D eigenvalue weighted by molar-refractivity contribution is 5.03. The molecule has 1 aromatic heterocycles. The fraction of sp³-hybridized carbons (Fsp3) is 0.364. The lowest BCUT2D eigenvalue weighted by molar-refractivity contribution is 0.719. The normalized spacial score (nSPS) is 9.92. The molecular weight excluding hydrogens is 160 g/mol. The maximum Gasteiger partial charge on any atom is 0.0416 e. The Labute approximate surface area is 79.7 Å². The number of hydrogen-bond donors (Lipinski definition) is 1. The van der Waals surface area contributed by atoms with Gasteiger partial charge >= 0.3 is 0 Å². The summed E-state index contributed by atoms with van der Waals surface area (Å²) in [5, 5.41) is 3.29. The summed E-state index contributed by atoms with van der Waals surface area (Å²) in [6.07, 6.45) is 2.81. The van der Waals surface area contributed by atoms with E-state index in [4.69, 9.17) is 0 Å². The first-order valence-electron chi connectivity index (χ1n) is 4.54. The van der Waals surface area contributed by atoms with Crippen molar-refractivity contribution >= 4 is 0 Å². The minimum absolute atomic E-state index is 0.896. The third-order valence-electron chi connectivity index (χ3n) is 1.71. The molecule has 0 aliphatic heterocycles. The Bertz CT molecular complexity index is 254. The van der Waals surface area contributed by atoms with Crippen molar-refractivity contribution in [2.75, 3.05) is 13.1 Å². The van der Waals surface area contributed by atoms with Gasteiger partial charge in [0.2, 0.25) is 0 Å². The van der Waals surface area contributed by atoms with Gasteiger partial charge in [-0.2, -0.15) is 0 Å². The van der Waals surface area contributed by atoms with Crippen molar-refractivity contribution in [3.8, 4) is 0 Å². The van der Waals surface area contributed by atoms with Gasteiger partial charge in [0.15, 0.2) is 0 Å². The third-order valence-corrected chi connectivity index (χ3v) is 1.71. The molecule has 0 aromatic carbocycles. The molecule has 70 valence electrons. The summed E-state index contributed by atoms with van der Waals surface area (Å²) in [6.45, 7) is 7.70. The predicted molar refractivity (Wildman–Crippen MR) is 55.6 cm³/mol. The number of hydrogen-bond acceptors (Lipinski definition) is 2. The lowest BCUT2D eigenvalue weighted by Crippen LogP contribution is -2.19. The first-order chi connectivity index (χ1) is 6.29. The first kappa shape index (κ1) is 9.93. The van der Waals surface area contributed by atoms with Gasteiger partial charge in [0.05, 0.1) is 0 Å². The lowest BCUT2D eigenvalue weighted by atomic mass is 10.2. The highest BCUT2D eigenvalue weighted by Crippen LogP contribution is 1.93. The summed E-state index contributed by atoms with van der Waals surface area (Å²) in [6, 6.07) is 5.99. The van der Waals surface area contributed by atoms with Gasteiger partial charge in [-0.05, 0) is 19.1 Å². The van der Waals surface area contributed by atoms with E-state index in [0.29, 0.717) is 0 Å². The maximum atomic E-state index is 4.23. The van der Waals surface area contributed by atoms with Crippen molar-refractivity contribution in [3.05, 3.63) is 42.2 Å². The van der Waals surface area contributed by atoms with E-state index in [1.54, 1.807) is 0 Å². The molecule has 1 N–H and O–H groups in total. The number of nitrogens with zero attached hydrogens (tertiary/aromatic N) is 1. The zero-order valence-corrected chi connectivity index (χ0v) is 8.09. The highest BCUT2D eigenvalue weighted by Gasteiger charge is 1.91. The van der Waals surface area contributed by atoms with Gasteiger partial charge in [0.25, 0.3) is 0 Å². The van der Waals surface area contributed by atoms with Crippen molar-refractivity contribution in [2.45, 2.75) is 13.3 Å². The smallest absolute Gasteiger partial charge is 0.0416 e. The van der Waals surface area contributed by atoms with Crippen LogP contribution < -0.4 is 5.32 Å². The Balaban J connectivity index is 2.17. The van der Waals surface area contributed by atoms with Crippen molar-refractivity contribution in [3.63, 3.8) is 0 Å². The van der Waals surface area contributed by atoms with Gasteiger partial charge in [-0.1, -0.05) is 18.2 Å². The van der Waals surface area contributed by atoms with E-state index in [0.717, 1.165) is 25.2 Å². The molecule has 0 radical (unpaired) electrons. The summed E-state index contributed by atoms with van der Waals surface area (Å²) < 4.78 is 0. The van der Waals surface area contributed by atoms with Crippen LogP contribution in [0.5, 0.6) is 0 Å². The van der Waals surface area contributed by atoms with Gasteiger partial charge in [-0.25, -0.2) is 0 Å². The fourth-order valence-electron chi connectivity index (χ4n) is 1.06. The molecule has 2 heteroatoms. The maximum absolute atomic E-state index is 4.23. The van der Waals surface area contributed by atoms with Gasteiger partial charge in [-0.15, -0.1) is 0 Å². The van der Waals surface area contributed by atoms with Gasteiger partial charge in [0, 0.05) is 31.4 Å². The van der Waals surface area contributed by atoms with Crippen LogP contribution in [0.15, 0.2) is 36.5 Å². The van der Waals surface area contributed by atoms with E-state index in [1.165, 1.54) is 5.57 Å². The second-order valence-electron chi connectivity index (χ2n) is 3.20. The predicted octanol–water partition coefficient (Wildman–Crippen LogP) is 1.79. The van der Waals surface area contributed by atoms with Crippen molar-refractivity contribution in [1.29, 1.82) is 0 Å². The molecule has 0 aliphatic carbocycles. The number of aromatic nitrogens is 1. The summed E-state index contributed by atoms with van der Waals surface area (Å²) in [7, 11) is 0. The minimum atomic E-state index is 0.896. The zero-order chi connectivity index (χ0) is 9.52. The molecule has 1 heterocycles. The Hall–Kier alpha value is -1.15. The standard InChI is InChI=1S/C11H16N2/c1-10(2)9-12-8-6-11-5-3-4-7-13-11/h3-5,7,12H,1,6,8-9H2,2H3. The van der Waals surface area contributed by atoms with E-state index in [1.807, 2.05) is 31.3 Å². The van der Waals surface area contributed by atoms with E-state index >= 15 is 0 Å². The van der Waals surface area contributed by atoms with Crippen LogP contribution >= 0.6 is 0 Å². The van der Waals surface area contributed by atoms with E-state index < -0.39 is 0 Å². The Kier molecular flexibility index (Phi) is 4.19. The van der Waals surface area contributed by atoms with Crippen molar-refractivity contribution < 1.29 is 0 Å². The molecular formula is C11H16N2. The molecule has 0 spiro atoms. The molecule has 0 atom stereocenters. The molecule has 0 fully saturated rings. The number of pyridine rings is 1. The zero-order valence-electron chi connectivity index (χ0n) is 8.09. The Morgan fingerprint density at radius 1 is 1.54 bits per heavy atom. The molecule has 0 bridgehead atoms.